The van der Waals surface area contributed by atoms with E-state index >= 15 is 0 Å². The summed E-state index contributed by atoms with van der Waals surface area (Å²) in [4.78, 5) is 0. The number of hydrogen-bond acceptors (Lipinski definition) is 0. The first kappa shape index (κ1) is 22.1. The molecule has 0 N–H and O–H groups in total. The van der Waals surface area contributed by atoms with Crippen LogP contribution in [0.25, 0.3) is 0 Å². The molecule has 0 aliphatic heterocycles. The fraction of sp³-hybridized carbons (Fsp3) is 0.375. The maximum absolute atomic E-state index is 2.99. The topological polar surface area (TPSA) is 0 Å². The Hall–Kier alpha value is -0.157. The second kappa shape index (κ2) is 24.9. The van der Waals surface area contributed by atoms with Crippen molar-refractivity contribution in [2.24, 2.45) is 0 Å². The zero-order chi connectivity index (χ0) is 12.5. The second-order valence-corrected chi connectivity index (χ2v) is 3.16. The van der Waals surface area contributed by atoms with Gasteiger partial charge in [-0.15, -0.1) is 12.8 Å². The Balaban J connectivity index is -0.000000157. The summed E-state index contributed by atoms with van der Waals surface area (Å²) in [5.41, 5.74) is 0. The van der Waals surface area contributed by atoms with E-state index in [1.807, 2.05) is 64.8 Å². The third-order valence-electron chi connectivity index (χ3n) is 1.17. The van der Waals surface area contributed by atoms with Gasteiger partial charge in [-0.05, 0) is 0 Å². The molecule has 0 aromatic rings. The molecule has 2 rings (SSSR count). The molecule has 0 saturated carbocycles. The van der Waals surface area contributed by atoms with E-state index in [-0.39, 0.29) is 26.2 Å². The van der Waals surface area contributed by atoms with Gasteiger partial charge in [-0.25, -0.2) is 24.3 Å². The van der Waals surface area contributed by atoms with E-state index in [0.29, 0.717) is 0 Å². The van der Waals surface area contributed by atoms with Gasteiger partial charge in [0.2, 0.25) is 0 Å². The Kier molecular flexibility index (Phi) is 32.3. The molecular weight excluding hydrogens is 283 g/mol. The van der Waals surface area contributed by atoms with Crippen LogP contribution < -0.4 is 0 Å². The summed E-state index contributed by atoms with van der Waals surface area (Å²) >= 11 is 0. The molecule has 0 atom stereocenters. The molecule has 2 aliphatic carbocycles. The predicted molar refractivity (Wildman–Crippen MR) is 74.4 cm³/mol. The first-order valence-electron chi connectivity index (χ1n) is 5.74. The number of allylic oxidation sites excluding steroid dienone is 8. The van der Waals surface area contributed by atoms with Crippen molar-refractivity contribution in [2.45, 2.75) is 40.5 Å². The first-order valence-corrected chi connectivity index (χ1v) is 5.74. The van der Waals surface area contributed by atoms with Gasteiger partial charge < -0.3 is 12.8 Å². The van der Waals surface area contributed by atoms with Crippen molar-refractivity contribution in [3.05, 3.63) is 61.4 Å². The molecule has 0 spiro atoms. The van der Waals surface area contributed by atoms with Crippen LogP contribution in [0.2, 0.25) is 0 Å². The predicted octanol–water partition coefficient (Wildman–Crippen LogP) is 5.07. The van der Waals surface area contributed by atoms with Crippen molar-refractivity contribution < 1.29 is 26.2 Å². The Morgan fingerprint density at radius 2 is 1.06 bits per heavy atom. The van der Waals surface area contributed by atoms with Gasteiger partial charge in [0.15, 0.2) is 0 Å². The van der Waals surface area contributed by atoms with Gasteiger partial charge in [-0.3, -0.25) is 12.2 Å². The van der Waals surface area contributed by atoms with Gasteiger partial charge in [0.05, 0.1) is 0 Å². The molecule has 0 aromatic carbocycles. The maximum atomic E-state index is 2.99. The smallest absolute Gasteiger partial charge is 0.335 e. The third-order valence-corrected chi connectivity index (χ3v) is 1.17. The molecule has 1 heteroatoms. The fourth-order valence-electron chi connectivity index (χ4n) is 0.680. The van der Waals surface area contributed by atoms with E-state index in [1.165, 1.54) is 0 Å². The largest absolute Gasteiger partial charge is 4.00 e. The van der Waals surface area contributed by atoms with Gasteiger partial charge >= 0.3 is 26.2 Å². The Bertz CT molecular complexity index is 166. The average molecular weight is 308 g/mol. The molecule has 0 aromatic heterocycles. The summed E-state index contributed by atoms with van der Waals surface area (Å²) in [6.45, 7) is 8.00. The van der Waals surface area contributed by atoms with Crippen LogP contribution in [0.15, 0.2) is 36.5 Å². The summed E-state index contributed by atoms with van der Waals surface area (Å²) in [6.07, 6.45) is 24.0. The van der Waals surface area contributed by atoms with E-state index in [9.17, 15) is 0 Å². The van der Waals surface area contributed by atoms with Gasteiger partial charge in [0.25, 0.3) is 0 Å². The molecule has 17 heavy (non-hydrogen) atoms. The minimum atomic E-state index is 0. The van der Waals surface area contributed by atoms with Crippen molar-refractivity contribution in [1.82, 2.24) is 0 Å². The molecule has 2 aliphatic rings. The maximum Gasteiger partial charge on any atom is 4.00 e. The van der Waals surface area contributed by atoms with E-state index < -0.39 is 0 Å². The molecule has 0 saturated heterocycles. The average Bonchev–Trinajstić information content (AvgIpc) is 3.00. The molecular formula is C16H24Zr. The van der Waals surface area contributed by atoms with E-state index in [4.69, 9.17) is 0 Å². The van der Waals surface area contributed by atoms with E-state index in [0.717, 1.165) is 12.8 Å². The molecule has 0 fully saturated rings. The van der Waals surface area contributed by atoms with Crippen molar-refractivity contribution >= 4 is 0 Å². The summed E-state index contributed by atoms with van der Waals surface area (Å²) in [5.74, 6) is 0. The summed E-state index contributed by atoms with van der Waals surface area (Å²) in [7, 11) is 0. The molecule has 0 nitrogen and oxygen atoms in total. The van der Waals surface area contributed by atoms with E-state index in [1.54, 1.807) is 0 Å². The van der Waals surface area contributed by atoms with Crippen molar-refractivity contribution in [3.63, 3.8) is 0 Å². The molecule has 0 bridgehead atoms. The Morgan fingerprint density at radius 1 is 0.765 bits per heavy atom. The van der Waals surface area contributed by atoms with Crippen LogP contribution in [-0.4, -0.2) is 0 Å². The first-order chi connectivity index (χ1) is 7.83. The zero-order valence-electron chi connectivity index (χ0n) is 11.5. The molecule has 0 amide bonds. The Labute approximate surface area is 128 Å². The van der Waals surface area contributed by atoms with Crippen molar-refractivity contribution in [2.75, 3.05) is 0 Å². The molecule has 0 unspecified atom stereocenters. The normalized spacial score (nSPS) is 12.5. The summed E-state index contributed by atoms with van der Waals surface area (Å²) in [6, 6.07) is 0. The van der Waals surface area contributed by atoms with Crippen LogP contribution in [0.1, 0.15) is 40.5 Å². The number of rotatable bonds is 0. The van der Waals surface area contributed by atoms with Crippen molar-refractivity contribution in [3.8, 4) is 0 Å². The molecule has 92 valence electrons. The monoisotopic (exact) mass is 306 g/mol. The van der Waals surface area contributed by atoms with Crippen molar-refractivity contribution in [1.29, 1.82) is 0 Å². The van der Waals surface area contributed by atoms with Crippen LogP contribution in [0.3, 0.4) is 0 Å². The summed E-state index contributed by atoms with van der Waals surface area (Å²) in [5, 5.41) is 0. The Morgan fingerprint density at radius 3 is 1.12 bits per heavy atom. The van der Waals surface area contributed by atoms with Gasteiger partial charge in [0.1, 0.15) is 0 Å². The SMILES string of the molecule is C[CH-]C.C[CH-]C.[C-]1=CC=CC1.[C-]1=CC=CC1.[Zr+4]. The molecule has 0 heterocycles. The van der Waals surface area contributed by atoms with Gasteiger partial charge in [-0.1, -0.05) is 0 Å². The van der Waals surface area contributed by atoms with Crippen LogP contribution in [0, 0.1) is 25.0 Å². The minimum Gasteiger partial charge on any atom is -0.335 e. The zero-order valence-corrected chi connectivity index (χ0v) is 14.0. The number of hydrogen-bond donors (Lipinski definition) is 0. The third kappa shape index (κ3) is 31.3. The van der Waals surface area contributed by atoms with Crippen LogP contribution >= 0.6 is 0 Å². The second-order valence-electron chi connectivity index (χ2n) is 3.16. The van der Waals surface area contributed by atoms with Crippen LogP contribution in [-0.2, 0) is 26.2 Å². The fourth-order valence-corrected chi connectivity index (χ4v) is 0.680. The summed E-state index contributed by atoms with van der Waals surface area (Å²) < 4.78 is 0. The van der Waals surface area contributed by atoms with E-state index in [2.05, 4.69) is 24.3 Å². The quantitative estimate of drug-likeness (QED) is 0.548. The van der Waals surface area contributed by atoms with Crippen LogP contribution in [0.5, 0.6) is 0 Å². The van der Waals surface area contributed by atoms with Gasteiger partial charge in [0, 0.05) is 0 Å². The van der Waals surface area contributed by atoms with Gasteiger partial charge in [-0.2, -0.15) is 39.8 Å². The standard InChI is InChI=1S/2C5H5.2C3H7.Zr/c2*1-2-4-5-3-1;2*1-3-2;/h2*1-3H,4H2;2*3H,1-2H3;/q4*-1;+4. The van der Waals surface area contributed by atoms with Crippen LogP contribution in [0.4, 0.5) is 0 Å². The minimum absolute atomic E-state index is 0. The molecule has 0 radical (unpaired) electrons.